The maximum atomic E-state index is 13.7. The monoisotopic (exact) mass is 293 g/mol. The van der Waals surface area contributed by atoms with Crippen molar-refractivity contribution in [2.45, 2.75) is 6.92 Å². The van der Waals surface area contributed by atoms with Gasteiger partial charge in [0.2, 0.25) is 0 Å². The number of rotatable bonds is 2. The average Bonchev–Trinajstić information content (AvgIpc) is 2.30. The lowest BCUT2D eigenvalue weighted by molar-refractivity contribution is 0.636. The van der Waals surface area contributed by atoms with Crippen molar-refractivity contribution in [3.8, 4) is 6.07 Å². The van der Waals surface area contributed by atoms with Gasteiger partial charge in [0.05, 0.1) is 11.3 Å². The summed E-state index contributed by atoms with van der Waals surface area (Å²) in [4.78, 5) is 3.98. The lowest BCUT2D eigenvalue weighted by Gasteiger charge is -2.10. The van der Waals surface area contributed by atoms with Crippen LogP contribution in [0.15, 0.2) is 22.8 Å². The molecule has 0 amide bonds. The molecule has 0 radical (unpaired) electrons. The maximum Gasteiger partial charge on any atom is 0.150 e. The van der Waals surface area contributed by atoms with E-state index in [-0.39, 0.29) is 5.52 Å². The summed E-state index contributed by atoms with van der Waals surface area (Å²) in [6.07, 6.45) is 1.39. The molecule has 17 heavy (non-hydrogen) atoms. The number of nitrogens with one attached hydrogen (secondary N) is 1. The van der Waals surface area contributed by atoms with Gasteiger partial charge in [0.25, 0.3) is 0 Å². The summed E-state index contributed by atoms with van der Waals surface area (Å²) < 4.78 is 14.3. The highest BCUT2D eigenvalue weighted by molar-refractivity contribution is 9.10. The van der Waals surface area contributed by atoms with E-state index >= 15 is 0 Å². The fourth-order valence-electron chi connectivity index (χ4n) is 1.68. The van der Waals surface area contributed by atoms with Crippen LogP contribution < -0.4 is 5.32 Å². The zero-order valence-corrected chi connectivity index (χ0v) is 10.7. The van der Waals surface area contributed by atoms with E-state index in [0.29, 0.717) is 27.7 Å². The van der Waals surface area contributed by atoms with Crippen LogP contribution in [0.25, 0.3) is 10.9 Å². The van der Waals surface area contributed by atoms with Gasteiger partial charge < -0.3 is 5.32 Å². The minimum atomic E-state index is -0.405. The van der Waals surface area contributed by atoms with Crippen LogP contribution in [0.3, 0.4) is 0 Å². The molecule has 0 aliphatic heterocycles. The Morgan fingerprint density at radius 2 is 2.29 bits per heavy atom. The predicted octanol–water partition coefficient (Wildman–Crippen LogP) is 3.44. The Hall–Kier alpha value is -1.67. The van der Waals surface area contributed by atoms with Crippen LogP contribution in [0, 0.1) is 17.1 Å². The van der Waals surface area contributed by atoms with Crippen LogP contribution in [-0.2, 0) is 0 Å². The molecule has 0 aliphatic carbocycles. The molecule has 2 rings (SSSR count). The smallest absolute Gasteiger partial charge is 0.150 e. The van der Waals surface area contributed by atoms with E-state index in [9.17, 15) is 4.39 Å². The summed E-state index contributed by atoms with van der Waals surface area (Å²) in [5.41, 5.74) is 1.31. The van der Waals surface area contributed by atoms with Crippen molar-refractivity contribution in [1.29, 1.82) is 5.26 Å². The lowest BCUT2D eigenvalue weighted by Crippen LogP contribution is -2.02. The molecule has 0 aliphatic rings. The summed E-state index contributed by atoms with van der Waals surface area (Å²) in [7, 11) is 0. The number of fused-ring (bicyclic) bond motifs is 1. The third-order valence-corrected chi connectivity index (χ3v) is 2.82. The van der Waals surface area contributed by atoms with Gasteiger partial charge in [-0.15, -0.1) is 0 Å². The number of aromatic nitrogens is 1. The summed E-state index contributed by atoms with van der Waals surface area (Å²) in [5.74, 6) is -0.405. The molecule has 1 heterocycles. The van der Waals surface area contributed by atoms with Crippen molar-refractivity contribution < 1.29 is 4.39 Å². The van der Waals surface area contributed by atoms with Crippen LogP contribution in [0.2, 0.25) is 0 Å². The molecular formula is C12H9BrFN3. The van der Waals surface area contributed by atoms with Crippen molar-refractivity contribution in [2.24, 2.45) is 0 Å². The molecule has 1 aromatic heterocycles. The van der Waals surface area contributed by atoms with Crippen LogP contribution in [-0.4, -0.2) is 11.5 Å². The topological polar surface area (TPSA) is 48.7 Å². The van der Waals surface area contributed by atoms with Gasteiger partial charge in [-0.25, -0.2) is 4.39 Å². The zero-order valence-electron chi connectivity index (χ0n) is 9.09. The number of nitriles is 1. The van der Waals surface area contributed by atoms with Crippen LogP contribution in [0.4, 0.5) is 10.1 Å². The first-order valence-corrected chi connectivity index (χ1v) is 5.88. The fourth-order valence-corrected chi connectivity index (χ4v) is 2.11. The van der Waals surface area contributed by atoms with Crippen molar-refractivity contribution in [2.75, 3.05) is 11.9 Å². The van der Waals surface area contributed by atoms with Gasteiger partial charge in [0.15, 0.2) is 5.82 Å². The molecular weight excluding hydrogens is 285 g/mol. The highest BCUT2D eigenvalue weighted by atomic mass is 79.9. The molecule has 0 fully saturated rings. The molecule has 0 bridgehead atoms. The summed E-state index contributed by atoms with van der Waals surface area (Å²) in [5, 5.41) is 12.7. The maximum absolute atomic E-state index is 13.7. The third-order valence-electron chi connectivity index (χ3n) is 2.36. The van der Waals surface area contributed by atoms with Crippen LogP contribution >= 0.6 is 15.9 Å². The zero-order chi connectivity index (χ0) is 12.4. The normalized spacial score (nSPS) is 10.2. The number of nitrogens with zero attached hydrogens (tertiary/aromatic N) is 2. The first kappa shape index (κ1) is 11.8. The Kier molecular flexibility index (Phi) is 3.25. The number of anilines is 1. The molecule has 1 N–H and O–H groups in total. The van der Waals surface area contributed by atoms with Gasteiger partial charge in [0.1, 0.15) is 11.6 Å². The largest absolute Gasteiger partial charge is 0.384 e. The molecule has 5 heteroatoms. The first-order chi connectivity index (χ1) is 8.17. The second-order valence-electron chi connectivity index (χ2n) is 3.47. The SMILES string of the molecule is CCNc1c(C#N)cnc2c(F)cc(Br)cc12. The van der Waals surface area contributed by atoms with E-state index in [2.05, 4.69) is 26.2 Å². The van der Waals surface area contributed by atoms with Crippen LogP contribution in [0.1, 0.15) is 12.5 Å². The predicted molar refractivity (Wildman–Crippen MR) is 68.3 cm³/mol. The average molecular weight is 294 g/mol. The fraction of sp³-hybridized carbons (Fsp3) is 0.167. The molecule has 2 aromatic rings. The highest BCUT2D eigenvalue weighted by Gasteiger charge is 2.12. The van der Waals surface area contributed by atoms with E-state index in [1.165, 1.54) is 12.3 Å². The Bertz CT molecular complexity index is 619. The van der Waals surface area contributed by atoms with Crippen LogP contribution in [0.5, 0.6) is 0 Å². The highest BCUT2D eigenvalue weighted by Crippen LogP contribution is 2.30. The second-order valence-corrected chi connectivity index (χ2v) is 4.39. The van der Waals surface area contributed by atoms with E-state index < -0.39 is 5.82 Å². The third kappa shape index (κ3) is 2.08. The summed E-state index contributed by atoms with van der Waals surface area (Å²) in [6, 6.07) is 5.16. The number of halogens is 2. The van der Waals surface area contributed by atoms with E-state index in [1.807, 2.05) is 13.0 Å². The van der Waals surface area contributed by atoms with E-state index in [4.69, 9.17) is 5.26 Å². The minimum Gasteiger partial charge on any atom is -0.384 e. The number of hydrogen-bond donors (Lipinski definition) is 1. The van der Waals surface area contributed by atoms with Gasteiger partial charge in [-0.3, -0.25) is 4.98 Å². The van der Waals surface area contributed by atoms with Gasteiger partial charge in [-0.2, -0.15) is 5.26 Å². The molecule has 1 aromatic carbocycles. The molecule has 0 unspecified atom stereocenters. The number of pyridine rings is 1. The summed E-state index contributed by atoms with van der Waals surface area (Å²) >= 11 is 3.24. The minimum absolute atomic E-state index is 0.267. The van der Waals surface area contributed by atoms with Crippen molar-refractivity contribution >= 4 is 32.5 Å². The van der Waals surface area contributed by atoms with Gasteiger partial charge in [0, 0.05) is 22.6 Å². The molecule has 86 valence electrons. The Balaban J connectivity index is 2.84. The standard InChI is InChI=1S/C12H9BrFN3/c1-2-16-11-7(5-15)6-17-12-9(11)3-8(13)4-10(12)14/h3-4,6H,2H2,1H3,(H,16,17). The molecule has 0 saturated carbocycles. The number of hydrogen-bond acceptors (Lipinski definition) is 3. The number of benzene rings is 1. The van der Waals surface area contributed by atoms with Crippen molar-refractivity contribution in [3.05, 3.63) is 34.2 Å². The summed E-state index contributed by atoms with van der Waals surface area (Å²) in [6.45, 7) is 2.57. The van der Waals surface area contributed by atoms with Gasteiger partial charge in [-0.05, 0) is 19.1 Å². The molecule has 0 atom stereocenters. The van der Waals surface area contributed by atoms with E-state index in [0.717, 1.165) is 0 Å². The van der Waals surface area contributed by atoms with Gasteiger partial charge >= 0.3 is 0 Å². The Morgan fingerprint density at radius 3 is 2.94 bits per heavy atom. The Morgan fingerprint density at radius 1 is 1.53 bits per heavy atom. The molecule has 3 nitrogen and oxygen atoms in total. The second kappa shape index (κ2) is 4.68. The van der Waals surface area contributed by atoms with Crippen molar-refractivity contribution in [3.63, 3.8) is 0 Å². The van der Waals surface area contributed by atoms with E-state index in [1.54, 1.807) is 6.07 Å². The van der Waals surface area contributed by atoms with Crippen molar-refractivity contribution in [1.82, 2.24) is 4.98 Å². The molecule has 0 saturated heterocycles. The first-order valence-electron chi connectivity index (χ1n) is 5.09. The lowest BCUT2D eigenvalue weighted by atomic mass is 10.1. The Labute approximate surface area is 106 Å². The quantitative estimate of drug-likeness (QED) is 0.923. The molecule has 0 spiro atoms. The van der Waals surface area contributed by atoms with Gasteiger partial charge in [-0.1, -0.05) is 15.9 Å².